The fourth-order valence-corrected chi connectivity index (χ4v) is 2.66. The minimum atomic E-state index is -0.344. The van der Waals surface area contributed by atoms with Crippen LogP contribution in [-0.2, 0) is 4.74 Å². The van der Waals surface area contributed by atoms with Gasteiger partial charge in [-0.3, -0.25) is 0 Å². The van der Waals surface area contributed by atoms with E-state index in [1.54, 1.807) is 6.20 Å². The van der Waals surface area contributed by atoms with Crippen molar-refractivity contribution in [3.63, 3.8) is 0 Å². The molecular weight excluding hydrogens is 260 g/mol. The zero-order valence-electron chi connectivity index (χ0n) is 11.2. The second-order valence-electron chi connectivity index (χ2n) is 4.08. The smallest absolute Gasteiger partial charge is 0.349 e. The summed E-state index contributed by atoms with van der Waals surface area (Å²) in [5.74, 6) is -0.344. The molecule has 4 nitrogen and oxygen atoms in total. The van der Waals surface area contributed by atoms with Crippen LogP contribution < -0.4 is 4.90 Å². The summed E-state index contributed by atoms with van der Waals surface area (Å²) in [7, 11) is 1.37. The van der Waals surface area contributed by atoms with E-state index in [4.69, 9.17) is 4.74 Å². The molecule has 0 fully saturated rings. The van der Waals surface area contributed by atoms with Crippen LogP contribution in [0.15, 0.2) is 30.5 Å². The van der Waals surface area contributed by atoms with Crippen molar-refractivity contribution in [2.24, 2.45) is 0 Å². The number of rotatable bonds is 4. The standard InChI is InChI=1S/C14H16N2O2S/c1-4-16(11-7-5-10(2)6-8-11)14-15-9-12(19-14)13(17)18-3/h5-9H,4H2,1-3H3. The predicted octanol–water partition coefficient (Wildman–Crippen LogP) is 3.40. The number of anilines is 2. The maximum Gasteiger partial charge on any atom is 0.349 e. The highest BCUT2D eigenvalue weighted by Crippen LogP contribution is 2.29. The quantitative estimate of drug-likeness (QED) is 0.803. The summed E-state index contributed by atoms with van der Waals surface area (Å²) in [5.41, 5.74) is 2.29. The lowest BCUT2D eigenvalue weighted by atomic mass is 10.2. The third-order valence-electron chi connectivity index (χ3n) is 2.77. The van der Waals surface area contributed by atoms with Gasteiger partial charge in [0.2, 0.25) is 0 Å². The first-order valence-electron chi connectivity index (χ1n) is 6.04. The van der Waals surface area contributed by atoms with Crippen LogP contribution in [0.1, 0.15) is 22.2 Å². The molecule has 19 heavy (non-hydrogen) atoms. The predicted molar refractivity (Wildman–Crippen MR) is 77.3 cm³/mol. The van der Waals surface area contributed by atoms with Crippen molar-refractivity contribution >= 4 is 28.1 Å². The maximum atomic E-state index is 11.4. The molecule has 0 N–H and O–H groups in total. The molecule has 0 saturated carbocycles. The second-order valence-corrected chi connectivity index (χ2v) is 5.09. The zero-order chi connectivity index (χ0) is 13.8. The summed E-state index contributed by atoms with van der Waals surface area (Å²) in [4.78, 5) is 18.3. The Labute approximate surface area is 116 Å². The summed E-state index contributed by atoms with van der Waals surface area (Å²) in [6.07, 6.45) is 1.56. The first-order valence-corrected chi connectivity index (χ1v) is 6.85. The van der Waals surface area contributed by atoms with Crippen molar-refractivity contribution in [3.05, 3.63) is 40.9 Å². The Hall–Kier alpha value is -1.88. The van der Waals surface area contributed by atoms with Gasteiger partial charge >= 0.3 is 5.97 Å². The highest BCUT2D eigenvalue weighted by atomic mass is 32.1. The van der Waals surface area contributed by atoms with Crippen LogP contribution in [-0.4, -0.2) is 24.6 Å². The summed E-state index contributed by atoms with van der Waals surface area (Å²) >= 11 is 1.34. The highest BCUT2D eigenvalue weighted by Gasteiger charge is 2.15. The fraction of sp³-hybridized carbons (Fsp3) is 0.286. The molecule has 0 spiro atoms. The molecule has 1 heterocycles. The largest absolute Gasteiger partial charge is 0.465 e. The average Bonchev–Trinajstić information content (AvgIpc) is 2.90. The number of benzene rings is 1. The van der Waals surface area contributed by atoms with E-state index in [9.17, 15) is 4.79 Å². The van der Waals surface area contributed by atoms with Crippen LogP contribution in [0, 0.1) is 6.92 Å². The minimum absolute atomic E-state index is 0.344. The molecule has 2 aromatic rings. The molecule has 2 rings (SSSR count). The number of methoxy groups -OCH3 is 1. The summed E-state index contributed by atoms with van der Waals surface area (Å²) < 4.78 is 4.70. The third kappa shape index (κ3) is 2.93. The Morgan fingerprint density at radius 3 is 2.63 bits per heavy atom. The molecule has 100 valence electrons. The Morgan fingerprint density at radius 1 is 1.37 bits per heavy atom. The fourth-order valence-electron chi connectivity index (χ4n) is 1.74. The van der Waals surface area contributed by atoms with Crippen molar-refractivity contribution in [1.29, 1.82) is 0 Å². The Kier molecular flexibility index (Phi) is 4.16. The number of carbonyl (C=O) groups excluding carboxylic acids is 1. The van der Waals surface area contributed by atoms with Crippen molar-refractivity contribution in [3.8, 4) is 0 Å². The monoisotopic (exact) mass is 276 g/mol. The lowest BCUT2D eigenvalue weighted by Gasteiger charge is -2.19. The molecule has 0 radical (unpaired) electrons. The van der Waals surface area contributed by atoms with Crippen LogP contribution in [0.5, 0.6) is 0 Å². The van der Waals surface area contributed by atoms with Gasteiger partial charge in [0.1, 0.15) is 4.88 Å². The van der Waals surface area contributed by atoms with Gasteiger partial charge in [0.05, 0.1) is 13.3 Å². The Bertz CT molecular complexity index is 563. The molecule has 0 saturated heterocycles. The maximum absolute atomic E-state index is 11.4. The molecule has 0 aliphatic carbocycles. The molecular formula is C14H16N2O2S. The lowest BCUT2D eigenvalue weighted by molar-refractivity contribution is 0.0606. The Balaban J connectivity index is 2.29. The molecule has 1 aromatic heterocycles. The molecule has 0 bridgehead atoms. The van der Waals surface area contributed by atoms with Crippen LogP contribution in [0.3, 0.4) is 0 Å². The Morgan fingerprint density at radius 2 is 2.05 bits per heavy atom. The van der Waals surface area contributed by atoms with Gasteiger partial charge in [-0.05, 0) is 26.0 Å². The van der Waals surface area contributed by atoms with E-state index < -0.39 is 0 Å². The van der Waals surface area contributed by atoms with Crippen molar-refractivity contribution in [2.75, 3.05) is 18.6 Å². The molecule has 0 aliphatic heterocycles. The number of hydrogen-bond acceptors (Lipinski definition) is 5. The summed E-state index contributed by atoms with van der Waals surface area (Å²) in [6, 6.07) is 8.23. The van der Waals surface area contributed by atoms with Crippen LogP contribution in [0.25, 0.3) is 0 Å². The zero-order valence-corrected chi connectivity index (χ0v) is 12.0. The molecule has 5 heteroatoms. The number of thiazole rings is 1. The molecule has 0 unspecified atom stereocenters. The number of esters is 1. The van der Waals surface area contributed by atoms with Crippen LogP contribution in [0.4, 0.5) is 10.8 Å². The molecule has 0 amide bonds. The number of aromatic nitrogens is 1. The van der Waals surface area contributed by atoms with Crippen LogP contribution >= 0.6 is 11.3 Å². The normalized spacial score (nSPS) is 10.3. The van der Waals surface area contributed by atoms with Gasteiger partial charge in [-0.15, -0.1) is 0 Å². The summed E-state index contributed by atoms with van der Waals surface area (Å²) in [5, 5.41) is 0.798. The highest BCUT2D eigenvalue weighted by molar-refractivity contribution is 7.17. The van der Waals surface area contributed by atoms with Crippen LogP contribution in [0.2, 0.25) is 0 Å². The average molecular weight is 276 g/mol. The van der Waals surface area contributed by atoms with E-state index >= 15 is 0 Å². The minimum Gasteiger partial charge on any atom is -0.465 e. The molecule has 0 atom stereocenters. The van der Waals surface area contributed by atoms with Gasteiger partial charge in [-0.2, -0.15) is 0 Å². The van der Waals surface area contributed by atoms with Gasteiger partial charge in [0, 0.05) is 12.2 Å². The summed E-state index contributed by atoms with van der Waals surface area (Å²) in [6.45, 7) is 4.90. The SMILES string of the molecule is CCN(c1ccc(C)cc1)c1ncc(C(=O)OC)s1. The number of aryl methyl sites for hydroxylation is 1. The third-order valence-corrected chi connectivity index (χ3v) is 3.77. The lowest BCUT2D eigenvalue weighted by Crippen LogP contribution is -2.15. The van der Waals surface area contributed by atoms with Gasteiger partial charge < -0.3 is 9.64 Å². The van der Waals surface area contributed by atoms with Crippen molar-refractivity contribution in [1.82, 2.24) is 4.98 Å². The van der Waals surface area contributed by atoms with Gasteiger partial charge in [-0.25, -0.2) is 9.78 Å². The van der Waals surface area contributed by atoms with Gasteiger partial charge in [-0.1, -0.05) is 29.0 Å². The first kappa shape index (κ1) is 13.5. The number of carbonyl (C=O) groups is 1. The van der Waals surface area contributed by atoms with E-state index in [0.29, 0.717) is 4.88 Å². The number of nitrogens with zero attached hydrogens (tertiary/aromatic N) is 2. The second kappa shape index (κ2) is 5.84. The molecule has 0 aliphatic rings. The van der Waals surface area contributed by atoms with E-state index in [1.165, 1.54) is 24.0 Å². The van der Waals surface area contributed by atoms with E-state index in [0.717, 1.165) is 17.4 Å². The van der Waals surface area contributed by atoms with Gasteiger partial charge in [0.25, 0.3) is 0 Å². The topological polar surface area (TPSA) is 42.4 Å². The van der Waals surface area contributed by atoms with E-state index in [-0.39, 0.29) is 5.97 Å². The van der Waals surface area contributed by atoms with Gasteiger partial charge in [0.15, 0.2) is 5.13 Å². The number of hydrogen-bond donors (Lipinski definition) is 0. The van der Waals surface area contributed by atoms with Crippen molar-refractivity contribution < 1.29 is 9.53 Å². The van der Waals surface area contributed by atoms with Crippen molar-refractivity contribution in [2.45, 2.75) is 13.8 Å². The van der Waals surface area contributed by atoms with E-state index in [1.807, 2.05) is 0 Å². The number of ether oxygens (including phenoxy) is 1. The first-order chi connectivity index (χ1) is 9.15. The van der Waals surface area contributed by atoms with E-state index in [2.05, 4.69) is 48.0 Å². The molecule has 1 aromatic carbocycles.